The summed E-state index contributed by atoms with van der Waals surface area (Å²) >= 11 is 0. The summed E-state index contributed by atoms with van der Waals surface area (Å²) in [6, 6.07) is -0.835. The zero-order valence-corrected chi connectivity index (χ0v) is 53.7. The van der Waals surface area contributed by atoms with Crippen molar-refractivity contribution in [2.75, 3.05) is 19.8 Å². The van der Waals surface area contributed by atoms with E-state index in [0.29, 0.717) is 19.4 Å². The van der Waals surface area contributed by atoms with E-state index in [4.69, 9.17) is 14.2 Å². The average molecular weight is 1170 g/mol. The lowest BCUT2D eigenvalue weighted by molar-refractivity contribution is -0.302. The van der Waals surface area contributed by atoms with E-state index in [1.54, 1.807) is 6.08 Å². The van der Waals surface area contributed by atoms with E-state index < -0.39 is 49.5 Å². The van der Waals surface area contributed by atoms with Gasteiger partial charge in [0, 0.05) is 12.8 Å². The predicted octanol–water partition coefficient (Wildman–Crippen LogP) is 17.7. The quantitative estimate of drug-likeness (QED) is 0.0195. The topological polar surface area (TPSA) is 175 Å². The smallest absolute Gasteiger partial charge is 0.305 e. The summed E-state index contributed by atoms with van der Waals surface area (Å²) in [6.07, 6.45) is 70.7. The Morgan fingerprint density at radius 1 is 0.446 bits per heavy atom. The molecule has 1 heterocycles. The van der Waals surface area contributed by atoms with Crippen molar-refractivity contribution in [3.8, 4) is 0 Å². The van der Waals surface area contributed by atoms with Gasteiger partial charge in [-0.15, -0.1) is 0 Å². The second kappa shape index (κ2) is 61.0. The van der Waals surface area contributed by atoms with Crippen LogP contribution in [-0.2, 0) is 23.8 Å². The SMILES string of the molecule is CCCCC/C=C/CC/C=C/CC/C=C/C(O)C(COC1OC(CO)C(O)C(O)C1O)NC(=O)CCCCCCCCCCCCCCCCC/C=C\C/C=C\CCCCCCCCCCCOC(=O)CCCCCCCCCCCCC. The number of aliphatic hydroxyl groups is 5. The van der Waals surface area contributed by atoms with Gasteiger partial charge in [0.1, 0.15) is 24.4 Å². The molecular weight excluding hydrogens is 1040 g/mol. The summed E-state index contributed by atoms with van der Waals surface area (Å²) < 4.78 is 16.7. The summed E-state index contributed by atoms with van der Waals surface area (Å²) in [7, 11) is 0. The summed E-state index contributed by atoms with van der Waals surface area (Å²) in [6.45, 7) is 4.30. The molecular formula is C72H131NO10. The van der Waals surface area contributed by atoms with Gasteiger partial charge in [-0.05, 0) is 89.9 Å². The van der Waals surface area contributed by atoms with Crippen LogP contribution >= 0.6 is 0 Å². The zero-order valence-electron chi connectivity index (χ0n) is 53.7. The standard InChI is InChI=1S/C72H131NO10/c1-3-5-7-9-11-13-15-35-39-42-46-50-54-58-65(75)64(63-82-72-71(80)70(79)69(78)66(62-74)83-72)73-67(76)59-55-51-47-43-40-36-33-31-29-27-25-23-21-19-17-16-18-20-22-24-26-28-30-32-34-37-41-45-49-53-57-61-81-68(77)60-56-52-48-44-38-14-12-10-8-6-4-2/h11,13,18,20,24,26,39,42,54,58,64-66,69-72,74-75,78-80H,3-10,12,14-17,19,21-23,25,27-38,40-41,43-53,55-57,59-63H2,1-2H3,(H,73,76)/b13-11+,20-18-,26-24-,42-39+,58-54+. The fourth-order valence-electron chi connectivity index (χ4n) is 10.8. The minimum absolute atomic E-state index is 0.00428. The molecule has 83 heavy (non-hydrogen) atoms. The molecule has 1 saturated heterocycles. The maximum Gasteiger partial charge on any atom is 0.305 e. The van der Waals surface area contributed by atoms with Gasteiger partial charge in [-0.25, -0.2) is 0 Å². The van der Waals surface area contributed by atoms with Crippen molar-refractivity contribution in [1.29, 1.82) is 0 Å². The van der Waals surface area contributed by atoms with Crippen LogP contribution < -0.4 is 5.32 Å². The molecule has 0 aliphatic carbocycles. The molecule has 6 N–H and O–H groups in total. The number of carbonyl (C=O) groups is 2. The Kier molecular flexibility index (Phi) is 57.6. The highest BCUT2D eigenvalue weighted by atomic mass is 16.7. The van der Waals surface area contributed by atoms with Crippen molar-refractivity contribution in [2.24, 2.45) is 0 Å². The van der Waals surface area contributed by atoms with Crippen molar-refractivity contribution in [3.05, 3.63) is 60.8 Å². The maximum atomic E-state index is 13.1. The van der Waals surface area contributed by atoms with Crippen LogP contribution in [0.3, 0.4) is 0 Å². The molecule has 11 nitrogen and oxygen atoms in total. The molecule has 0 aromatic heterocycles. The van der Waals surface area contributed by atoms with E-state index in [1.165, 1.54) is 218 Å². The van der Waals surface area contributed by atoms with Crippen molar-refractivity contribution < 1.29 is 49.3 Å². The number of unbranched alkanes of at least 4 members (excludes halogenated alkanes) is 39. The van der Waals surface area contributed by atoms with Crippen molar-refractivity contribution in [3.63, 3.8) is 0 Å². The highest BCUT2D eigenvalue weighted by Crippen LogP contribution is 2.23. The van der Waals surface area contributed by atoms with Crippen LogP contribution in [0, 0.1) is 0 Å². The molecule has 1 amide bonds. The molecule has 1 aliphatic heterocycles. The third-order valence-corrected chi connectivity index (χ3v) is 16.3. The van der Waals surface area contributed by atoms with Gasteiger partial charge in [-0.1, -0.05) is 280 Å². The highest BCUT2D eigenvalue weighted by molar-refractivity contribution is 5.76. The number of esters is 1. The molecule has 0 aromatic carbocycles. The first-order valence-electron chi connectivity index (χ1n) is 35.1. The van der Waals surface area contributed by atoms with Crippen LogP contribution in [0.1, 0.15) is 322 Å². The third-order valence-electron chi connectivity index (χ3n) is 16.3. The molecule has 7 atom stereocenters. The van der Waals surface area contributed by atoms with E-state index in [9.17, 15) is 35.1 Å². The molecule has 0 bridgehead atoms. The van der Waals surface area contributed by atoms with E-state index in [-0.39, 0.29) is 18.5 Å². The first-order valence-corrected chi connectivity index (χ1v) is 35.1. The number of hydrogen-bond donors (Lipinski definition) is 6. The lowest BCUT2D eigenvalue weighted by Gasteiger charge is -2.40. The summed E-state index contributed by atoms with van der Waals surface area (Å²) in [5, 5.41) is 54.4. The lowest BCUT2D eigenvalue weighted by atomic mass is 9.99. The third kappa shape index (κ3) is 50.1. The molecule has 7 unspecified atom stereocenters. The number of hydrogen-bond acceptors (Lipinski definition) is 10. The van der Waals surface area contributed by atoms with Gasteiger partial charge in [-0.2, -0.15) is 0 Å². The summed E-state index contributed by atoms with van der Waals surface area (Å²) in [5.41, 5.74) is 0. The number of rotatable bonds is 61. The number of allylic oxidation sites excluding steroid dienone is 9. The second-order valence-corrected chi connectivity index (χ2v) is 24.2. The number of aliphatic hydroxyl groups excluding tert-OH is 5. The largest absolute Gasteiger partial charge is 0.466 e. The molecule has 11 heteroatoms. The van der Waals surface area contributed by atoms with E-state index in [2.05, 4.69) is 67.8 Å². The molecule has 1 rings (SSSR count). The van der Waals surface area contributed by atoms with Gasteiger partial charge in [-0.3, -0.25) is 9.59 Å². The van der Waals surface area contributed by atoms with Gasteiger partial charge in [0.25, 0.3) is 0 Å². The Hall–Kier alpha value is -2.64. The number of amides is 1. The zero-order chi connectivity index (χ0) is 60.2. The molecule has 484 valence electrons. The molecule has 0 radical (unpaired) electrons. The van der Waals surface area contributed by atoms with E-state index in [1.807, 2.05) is 6.08 Å². The van der Waals surface area contributed by atoms with Crippen LogP contribution in [0.5, 0.6) is 0 Å². The Bertz CT molecular complexity index is 1560. The van der Waals surface area contributed by atoms with Gasteiger partial charge in [0.15, 0.2) is 6.29 Å². The Labute approximate surface area is 509 Å². The van der Waals surface area contributed by atoms with E-state index >= 15 is 0 Å². The normalized spacial score (nSPS) is 18.5. The fraction of sp³-hybridized carbons (Fsp3) is 0.833. The fourth-order valence-corrected chi connectivity index (χ4v) is 10.8. The first-order chi connectivity index (χ1) is 40.7. The molecule has 1 aliphatic rings. The van der Waals surface area contributed by atoms with Gasteiger partial charge in [0.05, 0.1) is 32.0 Å². The van der Waals surface area contributed by atoms with Crippen molar-refractivity contribution >= 4 is 11.9 Å². The van der Waals surface area contributed by atoms with Gasteiger partial charge >= 0.3 is 5.97 Å². The maximum absolute atomic E-state index is 13.1. The minimum atomic E-state index is -1.58. The van der Waals surface area contributed by atoms with Crippen molar-refractivity contribution in [1.82, 2.24) is 5.32 Å². The Morgan fingerprint density at radius 2 is 0.819 bits per heavy atom. The van der Waals surface area contributed by atoms with Gasteiger partial charge in [0.2, 0.25) is 5.91 Å². The molecule has 0 aromatic rings. The Morgan fingerprint density at radius 3 is 1.29 bits per heavy atom. The van der Waals surface area contributed by atoms with Crippen LogP contribution in [0.25, 0.3) is 0 Å². The molecule has 0 saturated carbocycles. The molecule has 0 spiro atoms. The number of carbonyl (C=O) groups excluding carboxylic acids is 2. The van der Waals surface area contributed by atoms with Crippen LogP contribution in [0.4, 0.5) is 0 Å². The summed E-state index contributed by atoms with van der Waals surface area (Å²) in [5.74, 6) is -0.192. The number of nitrogens with one attached hydrogen (secondary N) is 1. The van der Waals surface area contributed by atoms with E-state index in [0.717, 1.165) is 77.0 Å². The average Bonchev–Trinajstić information content (AvgIpc) is 3.50. The number of ether oxygens (including phenoxy) is 3. The van der Waals surface area contributed by atoms with Crippen LogP contribution in [-0.4, -0.2) is 100 Å². The lowest BCUT2D eigenvalue weighted by Crippen LogP contribution is -2.60. The second-order valence-electron chi connectivity index (χ2n) is 24.2. The highest BCUT2D eigenvalue weighted by Gasteiger charge is 2.44. The first kappa shape index (κ1) is 78.4. The minimum Gasteiger partial charge on any atom is -0.466 e. The summed E-state index contributed by atoms with van der Waals surface area (Å²) in [4.78, 5) is 25.1. The predicted molar refractivity (Wildman–Crippen MR) is 347 cm³/mol. The van der Waals surface area contributed by atoms with Crippen LogP contribution in [0.15, 0.2) is 60.8 Å². The monoisotopic (exact) mass is 1170 g/mol. The van der Waals surface area contributed by atoms with Crippen molar-refractivity contribution in [2.45, 2.75) is 365 Å². The Balaban J connectivity index is 2.00. The van der Waals surface area contributed by atoms with Gasteiger partial charge < -0.3 is 45.1 Å². The van der Waals surface area contributed by atoms with Crippen LogP contribution in [0.2, 0.25) is 0 Å². The molecule has 1 fully saturated rings.